The van der Waals surface area contributed by atoms with E-state index in [0.717, 1.165) is 25.5 Å². The molecule has 1 fully saturated rings. The lowest BCUT2D eigenvalue weighted by molar-refractivity contribution is 0.173. The van der Waals surface area contributed by atoms with Gasteiger partial charge in [0.1, 0.15) is 0 Å². The molecule has 1 saturated carbocycles. The van der Waals surface area contributed by atoms with Crippen LogP contribution < -0.4 is 10.6 Å². The van der Waals surface area contributed by atoms with E-state index in [1.807, 2.05) is 7.05 Å². The summed E-state index contributed by atoms with van der Waals surface area (Å²) in [7, 11) is 1.85. The molecule has 1 aliphatic rings. The molecule has 0 bridgehead atoms. The lowest BCUT2D eigenvalue weighted by Crippen LogP contribution is -2.42. The van der Waals surface area contributed by atoms with Crippen LogP contribution in [-0.4, -0.2) is 49.1 Å². The Kier molecular flexibility index (Phi) is 9.79. The van der Waals surface area contributed by atoms with Crippen LogP contribution in [-0.2, 0) is 0 Å². The molecule has 2 rings (SSSR count). The number of benzene rings is 1. The predicted molar refractivity (Wildman–Crippen MR) is 119 cm³/mol. The summed E-state index contributed by atoms with van der Waals surface area (Å²) in [6.07, 6.45) is 2.32. The fourth-order valence-electron chi connectivity index (χ4n) is 3.37. The van der Waals surface area contributed by atoms with Gasteiger partial charge in [-0.1, -0.05) is 30.3 Å². The van der Waals surface area contributed by atoms with Gasteiger partial charge in [0.25, 0.3) is 0 Å². The first-order chi connectivity index (χ1) is 11.5. The molecule has 0 aliphatic heterocycles. The topological polar surface area (TPSA) is 39.7 Å². The molecule has 2 N–H and O–H groups in total. The van der Waals surface area contributed by atoms with Crippen LogP contribution >= 0.6 is 24.0 Å². The number of halogens is 1. The molecule has 0 aromatic heterocycles. The number of aliphatic imine (C=N–C) groups is 1. The summed E-state index contributed by atoms with van der Waals surface area (Å²) < 4.78 is 0. The van der Waals surface area contributed by atoms with Crippen LogP contribution in [0.15, 0.2) is 35.3 Å². The van der Waals surface area contributed by atoms with Crippen LogP contribution in [0.4, 0.5) is 0 Å². The molecule has 0 amide bonds. The minimum Gasteiger partial charge on any atom is -0.356 e. The van der Waals surface area contributed by atoms with Gasteiger partial charge < -0.3 is 10.6 Å². The van der Waals surface area contributed by atoms with Gasteiger partial charge in [-0.15, -0.1) is 24.0 Å². The molecule has 25 heavy (non-hydrogen) atoms. The number of nitrogens with zero attached hydrogens (tertiary/aromatic N) is 2. The molecule has 0 spiro atoms. The van der Waals surface area contributed by atoms with Crippen LogP contribution in [0, 0.1) is 0 Å². The minimum absolute atomic E-state index is 0. The van der Waals surface area contributed by atoms with Gasteiger partial charge in [-0.3, -0.25) is 9.89 Å². The highest BCUT2D eigenvalue weighted by Gasteiger charge is 2.38. The number of rotatable bonds is 8. The van der Waals surface area contributed by atoms with Gasteiger partial charge in [0, 0.05) is 44.2 Å². The van der Waals surface area contributed by atoms with E-state index in [9.17, 15) is 0 Å². The Morgan fingerprint density at radius 1 is 1.16 bits per heavy atom. The fraction of sp³-hybridized carbons (Fsp3) is 0.650. The van der Waals surface area contributed by atoms with Gasteiger partial charge in [-0.25, -0.2) is 0 Å². The third-order valence-corrected chi connectivity index (χ3v) is 4.78. The summed E-state index contributed by atoms with van der Waals surface area (Å²) in [6.45, 7) is 11.2. The van der Waals surface area contributed by atoms with Crippen LogP contribution in [0.5, 0.6) is 0 Å². The van der Waals surface area contributed by atoms with Crippen molar-refractivity contribution >= 4 is 29.9 Å². The Labute approximate surface area is 170 Å². The highest BCUT2D eigenvalue weighted by molar-refractivity contribution is 14.0. The average Bonchev–Trinajstić information content (AvgIpc) is 3.32. The molecule has 1 aromatic rings. The molecule has 1 aliphatic carbocycles. The summed E-state index contributed by atoms with van der Waals surface area (Å²) >= 11 is 0. The number of guanidine groups is 1. The molecule has 5 heteroatoms. The van der Waals surface area contributed by atoms with E-state index >= 15 is 0 Å². The monoisotopic (exact) mass is 458 g/mol. The Morgan fingerprint density at radius 3 is 2.36 bits per heavy atom. The van der Waals surface area contributed by atoms with E-state index in [4.69, 9.17) is 0 Å². The maximum atomic E-state index is 4.36. The molecular formula is C20H35IN4. The van der Waals surface area contributed by atoms with E-state index < -0.39 is 0 Å². The van der Waals surface area contributed by atoms with Crippen molar-refractivity contribution in [3.63, 3.8) is 0 Å². The van der Waals surface area contributed by atoms with Gasteiger partial charge in [0.2, 0.25) is 0 Å². The first-order valence-electron chi connectivity index (χ1n) is 9.30. The predicted octanol–water partition coefficient (Wildman–Crippen LogP) is 3.83. The van der Waals surface area contributed by atoms with Gasteiger partial charge >= 0.3 is 0 Å². The normalized spacial score (nSPS) is 19.9. The van der Waals surface area contributed by atoms with Crippen molar-refractivity contribution in [1.29, 1.82) is 0 Å². The van der Waals surface area contributed by atoms with E-state index in [1.165, 1.54) is 12.0 Å². The van der Waals surface area contributed by atoms with Crippen molar-refractivity contribution in [2.75, 3.05) is 20.1 Å². The smallest absolute Gasteiger partial charge is 0.191 e. The fourth-order valence-corrected chi connectivity index (χ4v) is 3.37. The zero-order valence-corrected chi connectivity index (χ0v) is 18.7. The first kappa shape index (κ1) is 22.2. The summed E-state index contributed by atoms with van der Waals surface area (Å²) in [5.41, 5.74) is 1.43. The van der Waals surface area contributed by atoms with Gasteiger partial charge in [-0.2, -0.15) is 0 Å². The SMILES string of the molecule is CN=C(NCCCN(C(C)C)C(C)C)NC1CC1c1ccccc1.I. The van der Waals surface area contributed by atoms with Crippen LogP contribution in [0.3, 0.4) is 0 Å². The van der Waals surface area contributed by atoms with Crippen molar-refractivity contribution in [2.24, 2.45) is 4.99 Å². The maximum absolute atomic E-state index is 4.36. The maximum Gasteiger partial charge on any atom is 0.191 e. The second-order valence-electron chi connectivity index (χ2n) is 7.28. The van der Waals surface area contributed by atoms with Gasteiger partial charge in [-0.05, 0) is 46.1 Å². The second-order valence-corrected chi connectivity index (χ2v) is 7.28. The molecule has 142 valence electrons. The molecule has 2 unspecified atom stereocenters. The largest absolute Gasteiger partial charge is 0.356 e. The Balaban J connectivity index is 0.00000312. The number of hydrogen-bond donors (Lipinski definition) is 2. The highest BCUT2D eigenvalue weighted by atomic mass is 127. The van der Waals surface area contributed by atoms with Crippen molar-refractivity contribution in [3.05, 3.63) is 35.9 Å². The zero-order valence-electron chi connectivity index (χ0n) is 16.3. The Hall–Kier alpha value is -0.820. The highest BCUT2D eigenvalue weighted by Crippen LogP contribution is 2.40. The van der Waals surface area contributed by atoms with Gasteiger partial charge in [0.05, 0.1) is 0 Å². The molecule has 0 heterocycles. The molecular weight excluding hydrogens is 423 g/mol. The summed E-state index contributed by atoms with van der Waals surface area (Å²) in [5.74, 6) is 1.56. The summed E-state index contributed by atoms with van der Waals surface area (Å²) in [4.78, 5) is 6.90. The third kappa shape index (κ3) is 7.13. The van der Waals surface area contributed by atoms with Gasteiger partial charge in [0.15, 0.2) is 5.96 Å². The first-order valence-corrected chi connectivity index (χ1v) is 9.30. The van der Waals surface area contributed by atoms with Crippen molar-refractivity contribution in [2.45, 2.75) is 64.6 Å². The lowest BCUT2D eigenvalue weighted by atomic mass is 10.1. The van der Waals surface area contributed by atoms with Crippen LogP contribution in [0.2, 0.25) is 0 Å². The Bertz CT molecular complexity index is 508. The van der Waals surface area contributed by atoms with Crippen molar-refractivity contribution in [3.8, 4) is 0 Å². The van der Waals surface area contributed by atoms with E-state index in [1.54, 1.807) is 0 Å². The molecule has 0 radical (unpaired) electrons. The molecule has 1 aromatic carbocycles. The second kappa shape index (κ2) is 11.0. The molecule has 4 nitrogen and oxygen atoms in total. The van der Waals surface area contributed by atoms with Crippen molar-refractivity contribution in [1.82, 2.24) is 15.5 Å². The number of nitrogens with one attached hydrogen (secondary N) is 2. The molecule has 2 atom stereocenters. The zero-order chi connectivity index (χ0) is 17.5. The quantitative estimate of drug-likeness (QED) is 0.269. The third-order valence-electron chi connectivity index (χ3n) is 4.78. The van der Waals surface area contributed by atoms with E-state index in [0.29, 0.717) is 24.0 Å². The summed E-state index contributed by atoms with van der Waals surface area (Å²) in [6, 6.07) is 12.5. The number of hydrogen-bond acceptors (Lipinski definition) is 2. The lowest BCUT2D eigenvalue weighted by Gasteiger charge is -2.30. The molecule has 0 saturated heterocycles. The van der Waals surface area contributed by atoms with E-state index in [2.05, 4.69) is 78.6 Å². The van der Waals surface area contributed by atoms with Crippen LogP contribution in [0.1, 0.15) is 52.0 Å². The van der Waals surface area contributed by atoms with Crippen LogP contribution in [0.25, 0.3) is 0 Å². The van der Waals surface area contributed by atoms with E-state index in [-0.39, 0.29) is 24.0 Å². The average molecular weight is 458 g/mol. The summed E-state index contributed by atoms with van der Waals surface area (Å²) in [5, 5.41) is 7.01. The van der Waals surface area contributed by atoms with Crippen molar-refractivity contribution < 1.29 is 0 Å². The standard InChI is InChI=1S/C20H34N4.HI/c1-15(2)24(16(3)4)13-9-12-22-20(21-5)23-19-14-18(19)17-10-7-6-8-11-17;/h6-8,10-11,15-16,18-19H,9,12-14H2,1-5H3,(H2,21,22,23);1H. The minimum atomic E-state index is 0. The Morgan fingerprint density at radius 2 is 1.80 bits per heavy atom.